The average molecular weight is 1590 g/mol. The van der Waals surface area contributed by atoms with E-state index in [-0.39, 0.29) is 25.7 Å². The molecule has 3 N–H and O–H groups in total. The van der Waals surface area contributed by atoms with Crippen LogP contribution in [-0.4, -0.2) is 96.7 Å². The van der Waals surface area contributed by atoms with Crippen LogP contribution in [0.4, 0.5) is 0 Å². The second-order valence-corrected chi connectivity index (χ2v) is 36.0. The van der Waals surface area contributed by atoms with Gasteiger partial charge in [-0.05, 0) is 37.5 Å². The third kappa shape index (κ3) is 82.4. The maximum Gasteiger partial charge on any atom is 0.472 e. The van der Waals surface area contributed by atoms with Crippen molar-refractivity contribution in [3.05, 3.63) is 0 Å². The number of ether oxygens (including phenoxy) is 4. The van der Waals surface area contributed by atoms with Gasteiger partial charge >= 0.3 is 39.5 Å². The van der Waals surface area contributed by atoms with Gasteiger partial charge in [0.15, 0.2) is 12.2 Å². The van der Waals surface area contributed by atoms with Crippen LogP contribution in [0.5, 0.6) is 0 Å². The van der Waals surface area contributed by atoms with Gasteiger partial charge in [0.1, 0.15) is 19.3 Å². The Hall–Kier alpha value is -1.94. The zero-order chi connectivity index (χ0) is 79.9. The standard InChI is InChI=1S/C90H176O17P2/c1-7-10-12-14-16-18-20-22-24-26-27-28-29-33-37-40-44-48-54-60-66-72-87(92)100-78-85(106-89(94)74-69-63-56-50-46-42-38-34-31-30-32-35-39-43-47-53-59-65-71-83(6)9-3)80-104-108(96,97)102-76-84(91)77-103-109(98,99)105-81-86(79-101-88(93)73-67-61-57-51-52-58-64-70-82(4)5)107-90(95)75-68-62-55-49-45-41-36-25-23-21-19-17-15-13-11-8-2/h82-86,91H,7-81H2,1-6H3,(H,96,97)(H,98,99)/t83?,84-,85-,86-/m1/s1. The van der Waals surface area contributed by atoms with E-state index in [2.05, 4.69) is 41.5 Å². The highest BCUT2D eigenvalue weighted by molar-refractivity contribution is 7.47. The van der Waals surface area contributed by atoms with Crippen molar-refractivity contribution in [3.8, 4) is 0 Å². The minimum atomic E-state index is -4.97. The summed E-state index contributed by atoms with van der Waals surface area (Å²) in [7, 11) is -9.93. The second kappa shape index (κ2) is 81.2. The van der Waals surface area contributed by atoms with Crippen molar-refractivity contribution in [1.82, 2.24) is 0 Å². The Kier molecular flexibility index (Phi) is 79.8. The summed E-state index contributed by atoms with van der Waals surface area (Å²) in [5, 5.41) is 10.7. The molecule has 19 heteroatoms. The normalized spacial score (nSPS) is 14.0. The Morgan fingerprint density at radius 2 is 0.468 bits per heavy atom. The molecule has 0 amide bonds. The van der Waals surface area contributed by atoms with Gasteiger partial charge in [-0.15, -0.1) is 0 Å². The number of aliphatic hydroxyl groups is 1. The molecule has 0 saturated carbocycles. The Morgan fingerprint density at radius 1 is 0.266 bits per heavy atom. The number of hydrogen-bond donors (Lipinski definition) is 3. The number of carbonyl (C=O) groups excluding carboxylic acids is 4. The summed E-state index contributed by atoms with van der Waals surface area (Å²) in [6, 6.07) is 0. The largest absolute Gasteiger partial charge is 0.472 e. The quantitative estimate of drug-likeness (QED) is 0.0222. The predicted octanol–water partition coefficient (Wildman–Crippen LogP) is 27.8. The number of phosphoric acid groups is 2. The zero-order valence-corrected chi connectivity index (χ0v) is 73.7. The highest BCUT2D eigenvalue weighted by Gasteiger charge is 2.31. The van der Waals surface area contributed by atoms with Gasteiger partial charge in [0.25, 0.3) is 0 Å². The Balaban J connectivity index is 5.21. The number of phosphoric ester groups is 2. The van der Waals surface area contributed by atoms with Crippen LogP contribution in [0.2, 0.25) is 0 Å². The van der Waals surface area contributed by atoms with E-state index in [1.54, 1.807) is 0 Å². The number of carbonyl (C=O) groups is 4. The molecule has 0 aliphatic carbocycles. The minimum Gasteiger partial charge on any atom is -0.462 e. The maximum absolute atomic E-state index is 13.2. The molecule has 0 saturated heterocycles. The fourth-order valence-electron chi connectivity index (χ4n) is 14.1. The molecule has 0 aromatic heterocycles. The molecule has 0 rings (SSSR count). The highest BCUT2D eigenvalue weighted by Crippen LogP contribution is 2.45. The van der Waals surface area contributed by atoms with Crippen LogP contribution in [0.15, 0.2) is 0 Å². The van der Waals surface area contributed by atoms with Crippen LogP contribution in [0.1, 0.15) is 485 Å². The summed E-state index contributed by atoms with van der Waals surface area (Å²) in [5.41, 5.74) is 0. The van der Waals surface area contributed by atoms with Gasteiger partial charge in [-0.2, -0.15) is 0 Å². The number of unbranched alkanes of at least 4 members (excludes halogenated alkanes) is 58. The topological polar surface area (TPSA) is 237 Å². The van der Waals surface area contributed by atoms with Crippen molar-refractivity contribution in [2.24, 2.45) is 11.8 Å². The first-order valence-corrected chi connectivity index (χ1v) is 49.5. The fourth-order valence-corrected chi connectivity index (χ4v) is 15.7. The molecule has 0 aliphatic heterocycles. The first-order valence-electron chi connectivity index (χ1n) is 46.5. The van der Waals surface area contributed by atoms with E-state index in [1.165, 1.54) is 295 Å². The molecule has 0 aliphatic rings. The van der Waals surface area contributed by atoms with Gasteiger partial charge in [-0.25, -0.2) is 9.13 Å². The second-order valence-electron chi connectivity index (χ2n) is 33.1. The Labute approximate surface area is 670 Å². The van der Waals surface area contributed by atoms with Crippen molar-refractivity contribution in [2.45, 2.75) is 503 Å². The Morgan fingerprint density at radius 3 is 0.697 bits per heavy atom. The van der Waals surface area contributed by atoms with E-state index in [4.69, 9.17) is 37.0 Å². The number of aliphatic hydroxyl groups excluding tert-OH is 1. The van der Waals surface area contributed by atoms with Crippen LogP contribution in [-0.2, 0) is 65.4 Å². The van der Waals surface area contributed by atoms with Crippen molar-refractivity contribution in [3.63, 3.8) is 0 Å². The molecular weight excluding hydrogens is 1410 g/mol. The summed E-state index contributed by atoms with van der Waals surface area (Å²) < 4.78 is 69.0. The third-order valence-corrected chi connectivity index (χ3v) is 23.5. The monoisotopic (exact) mass is 1590 g/mol. The van der Waals surface area contributed by atoms with Crippen LogP contribution in [0.3, 0.4) is 0 Å². The molecule has 0 heterocycles. The van der Waals surface area contributed by atoms with Crippen molar-refractivity contribution >= 4 is 39.5 Å². The van der Waals surface area contributed by atoms with E-state index in [1.807, 2.05) is 0 Å². The molecule has 0 aromatic carbocycles. The lowest BCUT2D eigenvalue weighted by molar-refractivity contribution is -0.161. The van der Waals surface area contributed by atoms with Gasteiger partial charge in [0.2, 0.25) is 0 Å². The summed E-state index contributed by atoms with van der Waals surface area (Å²) >= 11 is 0. The van der Waals surface area contributed by atoms with Crippen LogP contribution in [0, 0.1) is 11.8 Å². The number of esters is 4. The summed E-state index contributed by atoms with van der Waals surface area (Å²) in [6.07, 6.45) is 75.2. The van der Waals surface area contributed by atoms with E-state index in [9.17, 15) is 43.2 Å². The lowest BCUT2D eigenvalue weighted by Crippen LogP contribution is -2.30. The third-order valence-electron chi connectivity index (χ3n) is 21.6. The lowest BCUT2D eigenvalue weighted by Gasteiger charge is -2.21. The molecular formula is C90H176O17P2. The SMILES string of the molecule is CCCCCCCCCCCCCCCCCCCCCCCC(=O)OC[C@H](COP(=O)(O)OC[C@@H](O)COP(=O)(O)OC[C@@H](COC(=O)CCCCCCCCCC(C)C)OC(=O)CCCCCCCCCCCCCCCCCC)OC(=O)CCCCCCCCCCCCCCCCCCCCC(C)CC. The molecule has 0 spiro atoms. The van der Waals surface area contributed by atoms with Gasteiger partial charge < -0.3 is 33.8 Å². The molecule has 0 aromatic rings. The number of rotatable bonds is 89. The maximum atomic E-state index is 13.2. The molecule has 0 bridgehead atoms. The van der Waals surface area contributed by atoms with Crippen molar-refractivity contribution in [2.75, 3.05) is 39.6 Å². The molecule has 0 radical (unpaired) electrons. The van der Waals surface area contributed by atoms with Crippen LogP contribution in [0.25, 0.3) is 0 Å². The summed E-state index contributed by atoms with van der Waals surface area (Å²) in [5.74, 6) is -0.523. The summed E-state index contributed by atoms with van der Waals surface area (Å²) in [6.45, 7) is 9.71. The van der Waals surface area contributed by atoms with E-state index < -0.39 is 97.5 Å². The van der Waals surface area contributed by atoms with Gasteiger partial charge in [-0.1, -0.05) is 433 Å². The molecule has 109 heavy (non-hydrogen) atoms. The zero-order valence-electron chi connectivity index (χ0n) is 71.9. The molecule has 648 valence electrons. The van der Waals surface area contributed by atoms with E-state index in [0.717, 1.165) is 102 Å². The van der Waals surface area contributed by atoms with Crippen molar-refractivity contribution in [1.29, 1.82) is 0 Å². The smallest absolute Gasteiger partial charge is 0.462 e. The minimum absolute atomic E-state index is 0.108. The van der Waals surface area contributed by atoms with Crippen molar-refractivity contribution < 1.29 is 80.2 Å². The van der Waals surface area contributed by atoms with Crippen LogP contribution < -0.4 is 0 Å². The summed E-state index contributed by atoms with van der Waals surface area (Å²) in [4.78, 5) is 73.3. The molecule has 0 fully saturated rings. The fraction of sp³-hybridized carbons (Fsp3) is 0.956. The first-order chi connectivity index (χ1) is 52.9. The average Bonchev–Trinajstić information content (AvgIpc) is 0.902. The highest BCUT2D eigenvalue weighted by atomic mass is 31.2. The van der Waals surface area contributed by atoms with Gasteiger partial charge in [0, 0.05) is 25.7 Å². The van der Waals surface area contributed by atoms with E-state index >= 15 is 0 Å². The molecule has 3 unspecified atom stereocenters. The number of hydrogen-bond acceptors (Lipinski definition) is 15. The molecule has 17 nitrogen and oxygen atoms in total. The van der Waals surface area contributed by atoms with Crippen LogP contribution >= 0.6 is 15.6 Å². The lowest BCUT2D eigenvalue weighted by atomic mass is 9.99. The predicted molar refractivity (Wildman–Crippen MR) is 451 cm³/mol. The Bertz CT molecular complexity index is 2080. The first kappa shape index (κ1) is 107. The van der Waals surface area contributed by atoms with Gasteiger partial charge in [0.05, 0.1) is 26.4 Å². The van der Waals surface area contributed by atoms with Gasteiger partial charge in [-0.3, -0.25) is 37.3 Å². The molecule has 6 atom stereocenters. The van der Waals surface area contributed by atoms with E-state index in [0.29, 0.717) is 31.6 Å².